The first-order chi connectivity index (χ1) is 18.5. The summed E-state index contributed by atoms with van der Waals surface area (Å²) in [4.78, 5) is 17.7. The SMILES string of the molecule is COCCOc1ccc(N2C(=S)N[C@H](c3ccccn3)[C@@H]2c2ccc(-c3ccc(C(=O)O)cc3)o2)cc1Cl. The molecule has 2 aromatic carbocycles. The fraction of sp³-hybridized carbons (Fsp3) is 0.179. The molecule has 0 radical (unpaired) electrons. The quantitative estimate of drug-likeness (QED) is 0.195. The summed E-state index contributed by atoms with van der Waals surface area (Å²) in [6.07, 6.45) is 1.74. The van der Waals surface area contributed by atoms with Crippen molar-refractivity contribution in [2.75, 3.05) is 25.2 Å². The highest BCUT2D eigenvalue weighted by atomic mass is 35.5. The molecule has 3 heterocycles. The van der Waals surface area contributed by atoms with Gasteiger partial charge in [0.15, 0.2) is 5.11 Å². The number of carboxylic acid groups (broad SMARTS) is 1. The van der Waals surface area contributed by atoms with Crippen molar-refractivity contribution in [1.29, 1.82) is 0 Å². The topological polar surface area (TPSA) is 97.1 Å². The molecule has 0 amide bonds. The van der Waals surface area contributed by atoms with E-state index in [0.717, 1.165) is 16.9 Å². The Labute approximate surface area is 229 Å². The van der Waals surface area contributed by atoms with Crippen LogP contribution in [0, 0.1) is 0 Å². The van der Waals surface area contributed by atoms with Crippen molar-refractivity contribution in [3.05, 3.63) is 101 Å². The number of methoxy groups -OCH3 is 1. The van der Waals surface area contributed by atoms with E-state index in [4.69, 9.17) is 37.7 Å². The lowest BCUT2D eigenvalue weighted by atomic mass is 10.0. The first-order valence-corrected chi connectivity index (χ1v) is 12.6. The van der Waals surface area contributed by atoms with Gasteiger partial charge in [-0.05, 0) is 66.8 Å². The number of furan rings is 1. The van der Waals surface area contributed by atoms with Gasteiger partial charge in [0.25, 0.3) is 0 Å². The van der Waals surface area contributed by atoms with Gasteiger partial charge in [-0.2, -0.15) is 0 Å². The van der Waals surface area contributed by atoms with Crippen molar-refractivity contribution in [2.24, 2.45) is 0 Å². The van der Waals surface area contributed by atoms with Crippen LogP contribution in [0.4, 0.5) is 5.69 Å². The second kappa shape index (κ2) is 11.2. The fourth-order valence-corrected chi connectivity index (χ4v) is 4.93. The number of nitrogens with zero attached hydrogens (tertiary/aromatic N) is 2. The summed E-state index contributed by atoms with van der Waals surface area (Å²) in [5.41, 5.74) is 2.53. The Morgan fingerprint density at radius 2 is 1.95 bits per heavy atom. The summed E-state index contributed by atoms with van der Waals surface area (Å²) in [7, 11) is 1.61. The Bertz CT molecular complexity index is 1440. The highest BCUT2D eigenvalue weighted by Crippen LogP contribution is 2.44. The highest BCUT2D eigenvalue weighted by molar-refractivity contribution is 7.80. The van der Waals surface area contributed by atoms with Crippen LogP contribution in [0.2, 0.25) is 5.02 Å². The van der Waals surface area contributed by atoms with E-state index in [0.29, 0.717) is 40.6 Å². The van der Waals surface area contributed by atoms with Gasteiger partial charge in [0.2, 0.25) is 0 Å². The second-order valence-electron chi connectivity index (χ2n) is 8.54. The minimum absolute atomic E-state index is 0.207. The smallest absolute Gasteiger partial charge is 0.335 e. The first-order valence-electron chi connectivity index (χ1n) is 11.8. The zero-order valence-electron chi connectivity index (χ0n) is 20.3. The lowest BCUT2D eigenvalue weighted by Crippen LogP contribution is -2.29. The molecular weight excluding hydrogens is 526 g/mol. The molecule has 0 saturated carbocycles. The zero-order chi connectivity index (χ0) is 26.6. The van der Waals surface area contributed by atoms with E-state index in [2.05, 4.69) is 10.3 Å². The molecule has 0 spiro atoms. The maximum Gasteiger partial charge on any atom is 0.335 e. The second-order valence-corrected chi connectivity index (χ2v) is 9.33. The Balaban J connectivity index is 1.51. The van der Waals surface area contributed by atoms with Crippen molar-refractivity contribution < 1.29 is 23.8 Å². The number of ether oxygens (including phenoxy) is 2. The summed E-state index contributed by atoms with van der Waals surface area (Å²) in [5.74, 6) is 0.828. The Kier molecular flexibility index (Phi) is 7.59. The molecule has 1 aliphatic heterocycles. The van der Waals surface area contributed by atoms with E-state index in [1.54, 1.807) is 49.7 Å². The molecule has 0 unspecified atom stereocenters. The van der Waals surface area contributed by atoms with Crippen molar-refractivity contribution in [2.45, 2.75) is 12.1 Å². The van der Waals surface area contributed by atoms with E-state index < -0.39 is 5.97 Å². The number of benzene rings is 2. The predicted molar refractivity (Wildman–Crippen MR) is 148 cm³/mol. The van der Waals surface area contributed by atoms with E-state index >= 15 is 0 Å². The van der Waals surface area contributed by atoms with Crippen LogP contribution in [-0.2, 0) is 4.74 Å². The predicted octanol–water partition coefficient (Wildman–Crippen LogP) is 5.90. The van der Waals surface area contributed by atoms with Gasteiger partial charge >= 0.3 is 5.97 Å². The van der Waals surface area contributed by atoms with Crippen molar-refractivity contribution in [3.8, 4) is 17.1 Å². The lowest BCUT2D eigenvalue weighted by Gasteiger charge is -2.26. The number of nitrogens with one attached hydrogen (secondary N) is 1. The molecule has 0 aliphatic carbocycles. The molecule has 2 aromatic heterocycles. The van der Waals surface area contributed by atoms with Crippen LogP contribution in [0.5, 0.6) is 5.75 Å². The minimum atomic E-state index is -0.982. The van der Waals surface area contributed by atoms with Crippen LogP contribution >= 0.6 is 23.8 Å². The molecule has 2 atom stereocenters. The number of thiocarbonyl (C=S) groups is 1. The number of hydrogen-bond donors (Lipinski definition) is 2. The van der Waals surface area contributed by atoms with Gasteiger partial charge in [-0.1, -0.05) is 29.8 Å². The number of carboxylic acids is 1. The fourth-order valence-electron chi connectivity index (χ4n) is 4.36. The number of carbonyl (C=O) groups is 1. The van der Waals surface area contributed by atoms with Crippen molar-refractivity contribution in [1.82, 2.24) is 10.3 Å². The van der Waals surface area contributed by atoms with Crippen LogP contribution in [0.15, 0.2) is 83.4 Å². The Morgan fingerprint density at radius 3 is 2.63 bits per heavy atom. The third-order valence-corrected chi connectivity index (χ3v) is 6.78. The standard InChI is InChI=1S/C28H24ClN3O5S/c1-35-14-15-36-23-10-9-19(16-20(23)29)32-26(25(31-28(32)38)21-4-2-3-13-30-21)24-12-11-22(37-24)17-5-7-18(8-6-17)27(33)34/h2-13,16,25-26H,14-15H2,1H3,(H,31,38)(H,33,34)/t25-,26+/m1/s1. The molecule has 38 heavy (non-hydrogen) atoms. The van der Waals surface area contributed by atoms with Crippen LogP contribution in [0.3, 0.4) is 0 Å². The van der Waals surface area contributed by atoms with Gasteiger partial charge in [-0.25, -0.2) is 4.79 Å². The van der Waals surface area contributed by atoms with Crippen LogP contribution in [-0.4, -0.2) is 41.5 Å². The number of hydrogen-bond acceptors (Lipinski definition) is 6. The summed E-state index contributed by atoms with van der Waals surface area (Å²) >= 11 is 12.3. The first kappa shape index (κ1) is 25.7. The van der Waals surface area contributed by atoms with Crippen molar-refractivity contribution in [3.63, 3.8) is 0 Å². The van der Waals surface area contributed by atoms with Gasteiger partial charge < -0.3 is 29.2 Å². The van der Waals surface area contributed by atoms with E-state index in [1.165, 1.54) is 0 Å². The van der Waals surface area contributed by atoms with Gasteiger partial charge in [0, 0.05) is 24.6 Å². The van der Waals surface area contributed by atoms with Crippen LogP contribution < -0.4 is 15.0 Å². The average molecular weight is 550 g/mol. The number of rotatable bonds is 9. The monoisotopic (exact) mass is 549 g/mol. The maximum atomic E-state index is 11.2. The molecule has 0 bridgehead atoms. The van der Waals surface area contributed by atoms with Gasteiger partial charge in [-0.15, -0.1) is 0 Å². The Morgan fingerprint density at radius 1 is 1.13 bits per heavy atom. The molecule has 10 heteroatoms. The number of aromatic carboxylic acids is 1. The number of anilines is 1. The van der Waals surface area contributed by atoms with Gasteiger partial charge in [0.1, 0.15) is 29.9 Å². The summed E-state index contributed by atoms with van der Waals surface area (Å²) in [6, 6.07) is 20.8. The van der Waals surface area contributed by atoms with Crippen LogP contribution in [0.1, 0.15) is 33.9 Å². The summed E-state index contributed by atoms with van der Waals surface area (Å²) in [5, 5.41) is 13.5. The molecule has 194 valence electrons. The normalized spacial score (nSPS) is 16.9. The van der Waals surface area contributed by atoms with Crippen molar-refractivity contribution >= 4 is 40.6 Å². The lowest BCUT2D eigenvalue weighted by molar-refractivity contribution is 0.0697. The number of aromatic nitrogens is 1. The average Bonchev–Trinajstić information content (AvgIpc) is 3.55. The number of pyridine rings is 1. The van der Waals surface area contributed by atoms with E-state index in [-0.39, 0.29) is 17.6 Å². The molecule has 4 aromatic rings. The molecule has 1 aliphatic rings. The molecule has 5 rings (SSSR count). The molecular formula is C28H24ClN3O5S. The third-order valence-electron chi connectivity index (χ3n) is 6.17. The molecule has 1 saturated heterocycles. The molecule has 1 fully saturated rings. The van der Waals surface area contributed by atoms with Gasteiger partial charge in [0.05, 0.1) is 28.9 Å². The van der Waals surface area contributed by atoms with Crippen LogP contribution in [0.25, 0.3) is 11.3 Å². The maximum absolute atomic E-state index is 11.2. The van der Waals surface area contributed by atoms with Gasteiger partial charge in [-0.3, -0.25) is 4.98 Å². The minimum Gasteiger partial charge on any atom is -0.490 e. The molecule has 2 N–H and O–H groups in total. The third kappa shape index (κ3) is 5.22. The largest absolute Gasteiger partial charge is 0.490 e. The summed E-state index contributed by atoms with van der Waals surface area (Å²) in [6.45, 7) is 0.831. The van der Waals surface area contributed by atoms with E-state index in [1.807, 2.05) is 41.3 Å². The highest BCUT2D eigenvalue weighted by Gasteiger charge is 2.42. The zero-order valence-corrected chi connectivity index (χ0v) is 21.9. The molecule has 8 nitrogen and oxygen atoms in total. The Hall–Kier alpha value is -3.92. The number of halogens is 1. The van der Waals surface area contributed by atoms with E-state index in [9.17, 15) is 9.90 Å². The summed E-state index contributed by atoms with van der Waals surface area (Å²) < 4.78 is 17.1.